The predicted octanol–water partition coefficient (Wildman–Crippen LogP) is 0.935. The third-order valence-electron chi connectivity index (χ3n) is 4.27. The van der Waals surface area contributed by atoms with Crippen molar-refractivity contribution in [3.63, 3.8) is 0 Å². The second-order valence-electron chi connectivity index (χ2n) is 5.85. The molecule has 0 bridgehead atoms. The van der Waals surface area contributed by atoms with Crippen LogP contribution in [0.4, 0.5) is 0 Å². The molecule has 1 aliphatic rings. The lowest BCUT2D eigenvalue weighted by molar-refractivity contribution is -0.126. The van der Waals surface area contributed by atoms with Crippen LogP contribution in [0.3, 0.4) is 0 Å². The van der Waals surface area contributed by atoms with Crippen LogP contribution in [0.5, 0.6) is 0 Å². The number of esters is 1. The second-order valence-corrected chi connectivity index (χ2v) is 5.85. The quantitative estimate of drug-likeness (QED) is 0.789. The molecule has 1 unspecified atom stereocenters. The Morgan fingerprint density at radius 3 is 2.48 bits per heavy atom. The molecule has 6 heteroatoms. The third-order valence-corrected chi connectivity index (χ3v) is 4.27. The van der Waals surface area contributed by atoms with Gasteiger partial charge in [-0.05, 0) is 37.5 Å². The summed E-state index contributed by atoms with van der Waals surface area (Å²) < 4.78 is 4.65. The minimum atomic E-state index is -0.374. The summed E-state index contributed by atoms with van der Waals surface area (Å²) in [5, 5.41) is 12.4. The van der Waals surface area contributed by atoms with E-state index in [0.717, 1.165) is 18.7 Å². The van der Waals surface area contributed by atoms with Gasteiger partial charge < -0.3 is 15.2 Å². The van der Waals surface area contributed by atoms with Crippen LogP contribution < -0.4 is 5.32 Å². The van der Waals surface area contributed by atoms with Gasteiger partial charge in [0, 0.05) is 19.6 Å². The van der Waals surface area contributed by atoms with Crippen molar-refractivity contribution in [2.24, 2.45) is 0 Å². The topological polar surface area (TPSA) is 78.9 Å². The van der Waals surface area contributed by atoms with Crippen molar-refractivity contribution in [1.82, 2.24) is 10.2 Å². The highest BCUT2D eigenvalue weighted by molar-refractivity contribution is 5.89. The van der Waals surface area contributed by atoms with E-state index < -0.39 is 0 Å². The maximum atomic E-state index is 12.2. The zero-order valence-electron chi connectivity index (χ0n) is 13.6. The molecule has 1 aliphatic heterocycles. The van der Waals surface area contributed by atoms with Gasteiger partial charge in [0.05, 0.1) is 24.8 Å². The predicted molar refractivity (Wildman–Crippen MR) is 85.9 cm³/mol. The lowest BCUT2D eigenvalue weighted by atomic mass is 10.1. The molecule has 126 valence electrons. The number of ether oxygens (including phenoxy) is 1. The molecule has 1 fully saturated rings. The number of benzene rings is 1. The molecular formula is C17H24N2O4. The Morgan fingerprint density at radius 2 is 1.91 bits per heavy atom. The van der Waals surface area contributed by atoms with Crippen LogP contribution in [-0.2, 0) is 16.1 Å². The number of aliphatic hydroxyl groups excluding tert-OH is 1. The molecule has 23 heavy (non-hydrogen) atoms. The van der Waals surface area contributed by atoms with Gasteiger partial charge in [-0.15, -0.1) is 0 Å². The van der Waals surface area contributed by atoms with Crippen LogP contribution in [0.15, 0.2) is 24.3 Å². The molecule has 0 aliphatic carbocycles. The van der Waals surface area contributed by atoms with Crippen LogP contribution in [0.1, 0.15) is 35.7 Å². The highest BCUT2D eigenvalue weighted by Crippen LogP contribution is 2.13. The highest BCUT2D eigenvalue weighted by atomic mass is 16.5. The van der Waals surface area contributed by atoms with Crippen molar-refractivity contribution in [2.75, 3.05) is 20.2 Å². The first-order chi connectivity index (χ1) is 11.0. The van der Waals surface area contributed by atoms with E-state index in [1.165, 1.54) is 7.11 Å². The summed E-state index contributed by atoms with van der Waals surface area (Å²) in [6, 6.07) is 6.76. The smallest absolute Gasteiger partial charge is 0.337 e. The average Bonchev–Trinajstić information content (AvgIpc) is 2.59. The molecule has 1 atom stereocenters. The summed E-state index contributed by atoms with van der Waals surface area (Å²) in [7, 11) is 1.34. The van der Waals surface area contributed by atoms with E-state index in [1.807, 2.05) is 6.92 Å². The Hall–Kier alpha value is -1.92. The van der Waals surface area contributed by atoms with Gasteiger partial charge in [0.15, 0.2) is 0 Å². The lowest BCUT2D eigenvalue weighted by Crippen LogP contribution is -2.48. The highest BCUT2D eigenvalue weighted by Gasteiger charge is 2.25. The van der Waals surface area contributed by atoms with Crippen molar-refractivity contribution in [1.29, 1.82) is 0 Å². The Labute approximate surface area is 136 Å². The molecule has 0 saturated carbocycles. The number of carbonyl (C=O) groups excluding carboxylic acids is 2. The van der Waals surface area contributed by atoms with Gasteiger partial charge in [0.2, 0.25) is 5.91 Å². The van der Waals surface area contributed by atoms with E-state index in [1.54, 1.807) is 24.3 Å². The SMILES string of the molecule is COC(=O)c1ccc(CNC(=O)C(C)N2CCC(O)CC2)cc1. The fourth-order valence-electron chi connectivity index (χ4n) is 2.65. The number of rotatable bonds is 5. The zero-order valence-corrected chi connectivity index (χ0v) is 13.6. The van der Waals surface area contributed by atoms with Gasteiger partial charge in [0.1, 0.15) is 0 Å². The summed E-state index contributed by atoms with van der Waals surface area (Å²) in [5.74, 6) is -0.403. The lowest BCUT2D eigenvalue weighted by Gasteiger charge is -2.33. The molecule has 1 aromatic rings. The zero-order chi connectivity index (χ0) is 16.8. The number of amides is 1. The standard InChI is InChI=1S/C17H24N2O4/c1-12(19-9-7-15(20)8-10-19)16(21)18-11-13-3-5-14(6-4-13)17(22)23-2/h3-6,12,15,20H,7-11H2,1-2H3,(H,18,21). The maximum Gasteiger partial charge on any atom is 0.337 e. The van der Waals surface area contributed by atoms with Crippen LogP contribution in [-0.4, -0.2) is 54.2 Å². The number of methoxy groups -OCH3 is 1. The summed E-state index contributed by atoms with van der Waals surface area (Å²) in [6.45, 7) is 3.78. The van der Waals surface area contributed by atoms with Crippen molar-refractivity contribution in [2.45, 2.75) is 38.5 Å². The Bertz CT molecular complexity index is 536. The van der Waals surface area contributed by atoms with Gasteiger partial charge >= 0.3 is 5.97 Å². The number of nitrogens with one attached hydrogen (secondary N) is 1. The summed E-state index contributed by atoms with van der Waals surface area (Å²) in [6.07, 6.45) is 1.19. The normalized spacial score (nSPS) is 17.5. The van der Waals surface area contributed by atoms with E-state index in [4.69, 9.17) is 0 Å². The molecule has 1 saturated heterocycles. The van der Waals surface area contributed by atoms with Crippen molar-refractivity contribution in [3.8, 4) is 0 Å². The van der Waals surface area contributed by atoms with Gasteiger partial charge in [0.25, 0.3) is 0 Å². The van der Waals surface area contributed by atoms with E-state index in [0.29, 0.717) is 24.9 Å². The molecule has 0 radical (unpaired) electrons. The fraction of sp³-hybridized carbons (Fsp3) is 0.529. The largest absolute Gasteiger partial charge is 0.465 e. The molecule has 2 N–H and O–H groups in total. The van der Waals surface area contributed by atoms with Crippen LogP contribution in [0, 0.1) is 0 Å². The van der Waals surface area contributed by atoms with Gasteiger partial charge in [-0.2, -0.15) is 0 Å². The number of aliphatic hydroxyl groups is 1. The summed E-state index contributed by atoms with van der Waals surface area (Å²) >= 11 is 0. The Morgan fingerprint density at radius 1 is 1.30 bits per heavy atom. The van der Waals surface area contributed by atoms with Gasteiger partial charge in [-0.1, -0.05) is 12.1 Å². The summed E-state index contributed by atoms with van der Waals surface area (Å²) in [4.78, 5) is 25.7. The second kappa shape index (κ2) is 8.08. The summed E-state index contributed by atoms with van der Waals surface area (Å²) in [5.41, 5.74) is 1.41. The number of likely N-dealkylation sites (tertiary alicyclic amines) is 1. The number of nitrogens with zero attached hydrogens (tertiary/aromatic N) is 1. The molecular weight excluding hydrogens is 296 g/mol. The minimum absolute atomic E-state index is 0.0292. The van der Waals surface area contributed by atoms with Crippen LogP contribution >= 0.6 is 0 Å². The van der Waals surface area contributed by atoms with E-state index >= 15 is 0 Å². The average molecular weight is 320 g/mol. The number of carbonyl (C=O) groups is 2. The van der Waals surface area contributed by atoms with Crippen LogP contribution in [0.25, 0.3) is 0 Å². The molecule has 0 aromatic heterocycles. The van der Waals surface area contributed by atoms with Gasteiger partial charge in [-0.25, -0.2) is 4.79 Å². The third kappa shape index (κ3) is 4.77. The monoisotopic (exact) mass is 320 g/mol. The fourth-order valence-corrected chi connectivity index (χ4v) is 2.65. The molecule has 0 spiro atoms. The van der Waals surface area contributed by atoms with Crippen molar-refractivity contribution >= 4 is 11.9 Å². The molecule has 1 heterocycles. The first-order valence-electron chi connectivity index (χ1n) is 7.88. The van der Waals surface area contributed by atoms with E-state index in [9.17, 15) is 14.7 Å². The number of hydrogen-bond donors (Lipinski definition) is 2. The van der Waals surface area contributed by atoms with Crippen LogP contribution in [0.2, 0.25) is 0 Å². The minimum Gasteiger partial charge on any atom is -0.465 e. The van der Waals surface area contributed by atoms with E-state index in [2.05, 4.69) is 15.0 Å². The maximum absolute atomic E-state index is 12.2. The first-order valence-corrected chi connectivity index (χ1v) is 7.88. The van der Waals surface area contributed by atoms with Crippen molar-refractivity contribution in [3.05, 3.63) is 35.4 Å². The first kappa shape index (κ1) is 17.4. The molecule has 1 aromatic carbocycles. The molecule has 2 rings (SSSR count). The Kier molecular flexibility index (Phi) is 6.12. The Balaban J connectivity index is 1.82. The number of piperidine rings is 1. The van der Waals surface area contributed by atoms with Gasteiger partial charge in [-0.3, -0.25) is 9.69 Å². The van der Waals surface area contributed by atoms with Crippen molar-refractivity contribution < 1.29 is 19.4 Å². The molecule has 1 amide bonds. The van der Waals surface area contributed by atoms with E-state index in [-0.39, 0.29) is 24.0 Å². The number of hydrogen-bond acceptors (Lipinski definition) is 5. The molecule has 6 nitrogen and oxygen atoms in total.